The van der Waals surface area contributed by atoms with E-state index in [2.05, 4.69) is 53.5 Å². The fraction of sp³-hybridized carbons (Fsp3) is 0.500. The zero-order valence-corrected chi connectivity index (χ0v) is 18.3. The molecule has 2 aromatic rings. The summed E-state index contributed by atoms with van der Waals surface area (Å²) in [5, 5.41) is 7.82. The van der Waals surface area contributed by atoms with Gasteiger partial charge in [-0.25, -0.2) is 4.99 Å². The number of nitrogens with one attached hydrogen (secondary N) is 1. The second-order valence-electron chi connectivity index (χ2n) is 6.96. The fourth-order valence-corrected chi connectivity index (χ4v) is 3.42. The van der Waals surface area contributed by atoms with Gasteiger partial charge in [0.1, 0.15) is 0 Å². The van der Waals surface area contributed by atoms with Crippen LogP contribution in [-0.2, 0) is 26.4 Å². The maximum absolute atomic E-state index is 6.08. The molecule has 0 saturated heterocycles. The summed E-state index contributed by atoms with van der Waals surface area (Å²) < 4.78 is 1.97. The first kappa shape index (κ1) is 20.7. The number of nitrogens with two attached hydrogens (primary N) is 1. The summed E-state index contributed by atoms with van der Waals surface area (Å²) in [4.78, 5) is 4.53. The molecule has 3 N–H and O–H groups in total. The zero-order chi connectivity index (χ0) is 17.8. The maximum atomic E-state index is 6.08. The molecule has 1 atom stereocenters. The molecule has 1 aromatic carbocycles. The summed E-state index contributed by atoms with van der Waals surface area (Å²) in [5.41, 5.74) is 12.2. The number of aromatic nitrogens is 2. The monoisotopic (exact) mass is 467 g/mol. The van der Waals surface area contributed by atoms with Gasteiger partial charge in [0.15, 0.2) is 5.96 Å². The number of aryl methyl sites for hydroxylation is 2. The van der Waals surface area contributed by atoms with Crippen LogP contribution < -0.4 is 11.1 Å². The minimum absolute atomic E-state index is 0. The Morgan fingerprint density at radius 3 is 2.65 bits per heavy atom. The van der Waals surface area contributed by atoms with Crippen LogP contribution in [0.4, 0.5) is 5.69 Å². The Hall–Kier alpha value is -1.57. The van der Waals surface area contributed by atoms with Gasteiger partial charge in [-0.2, -0.15) is 5.10 Å². The van der Waals surface area contributed by atoms with Gasteiger partial charge in [-0.05, 0) is 61.3 Å². The Kier molecular flexibility index (Phi) is 7.49. The average Bonchev–Trinajstić information content (AvgIpc) is 2.95. The van der Waals surface area contributed by atoms with Gasteiger partial charge < -0.3 is 11.1 Å². The van der Waals surface area contributed by atoms with Crippen LogP contribution in [-0.4, -0.2) is 15.7 Å². The molecule has 1 unspecified atom stereocenters. The molecule has 0 bridgehead atoms. The van der Waals surface area contributed by atoms with E-state index in [0.29, 0.717) is 18.4 Å². The largest absolute Gasteiger partial charge is 0.370 e. The highest BCUT2D eigenvalue weighted by molar-refractivity contribution is 14.0. The van der Waals surface area contributed by atoms with Crippen LogP contribution in [0.2, 0.25) is 0 Å². The maximum Gasteiger partial charge on any atom is 0.193 e. The van der Waals surface area contributed by atoms with E-state index < -0.39 is 0 Å². The lowest BCUT2D eigenvalue weighted by molar-refractivity contribution is 0.663. The number of fused-ring (bicyclic) bond motifs is 1. The van der Waals surface area contributed by atoms with Crippen molar-refractivity contribution >= 4 is 35.6 Å². The molecule has 1 aliphatic rings. The van der Waals surface area contributed by atoms with E-state index in [4.69, 9.17) is 5.73 Å². The molecule has 5 nitrogen and oxygen atoms in total. The van der Waals surface area contributed by atoms with Gasteiger partial charge in [0, 0.05) is 12.7 Å². The molecule has 142 valence electrons. The number of aliphatic imine (C=N–C) groups is 1. The van der Waals surface area contributed by atoms with Crippen molar-refractivity contribution in [3.8, 4) is 0 Å². The third-order valence-electron chi connectivity index (χ3n) is 5.21. The topological polar surface area (TPSA) is 68.2 Å². The molecule has 0 fully saturated rings. The van der Waals surface area contributed by atoms with Crippen LogP contribution in [0.25, 0.3) is 0 Å². The first-order chi connectivity index (χ1) is 12.1. The van der Waals surface area contributed by atoms with E-state index >= 15 is 0 Å². The average molecular weight is 467 g/mol. The van der Waals surface area contributed by atoms with Crippen molar-refractivity contribution in [3.63, 3.8) is 0 Å². The minimum Gasteiger partial charge on any atom is -0.370 e. The molecule has 0 aliphatic heterocycles. The molecular weight excluding hydrogens is 437 g/mol. The van der Waals surface area contributed by atoms with Crippen molar-refractivity contribution in [3.05, 3.63) is 46.8 Å². The molecular formula is C20H30IN5. The standard InChI is InChI=1S/C20H29N5.HI/c1-4-14(2)15-9-11-16(12-10-15)23-20(21)22-13-19-17-7-5-6-8-18(17)24-25(19)3;/h9-12,14H,4-8,13H2,1-3H3,(H3,21,22,23);1H. The van der Waals surface area contributed by atoms with Crippen molar-refractivity contribution < 1.29 is 0 Å². The van der Waals surface area contributed by atoms with Gasteiger partial charge in [-0.15, -0.1) is 24.0 Å². The van der Waals surface area contributed by atoms with Crippen LogP contribution in [0.5, 0.6) is 0 Å². The molecule has 0 saturated carbocycles. The second kappa shape index (κ2) is 9.39. The number of rotatable bonds is 5. The van der Waals surface area contributed by atoms with Crippen LogP contribution >= 0.6 is 24.0 Å². The van der Waals surface area contributed by atoms with Gasteiger partial charge >= 0.3 is 0 Å². The third kappa shape index (κ3) is 4.78. The second-order valence-corrected chi connectivity index (χ2v) is 6.96. The van der Waals surface area contributed by atoms with Crippen molar-refractivity contribution in [1.29, 1.82) is 0 Å². The summed E-state index contributed by atoms with van der Waals surface area (Å²) in [7, 11) is 2.00. The lowest BCUT2D eigenvalue weighted by Crippen LogP contribution is -2.23. The Morgan fingerprint density at radius 2 is 1.96 bits per heavy atom. The summed E-state index contributed by atoms with van der Waals surface area (Å²) >= 11 is 0. The van der Waals surface area contributed by atoms with Crippen molar-refractivity contribution in [1.82, 2.24) is 9.78 Å². The smallest absolute Gasteiger partial charge is 0.193 e. The van der Waals surface area contributed by atoms with Crippen LogP contribution in [0.3, 0.4) is 0 Å². The SMILES string of the molecule is CCC(C)c1ccc(NC(N)=NCc2c3c(nn2C)CCCC3)cc1.I. The van der Waals surface area contributed by atoms with Crippen molar-refractivity contribution in [2.24, 2.45) is 17.8 Å². The summed E-state index contributed by atoms with van der Waals surface area (Å²) in [6.45, 7) is 5.02. The first-order valence-corrected chi connectivity index (χ1v) is 9.29. The Balaban J connectivity index is 0.00000243. The number of anilines is 1. The molecule has 0 spiro atoms. The summed E-state index contributed by atoms with van der Waals surface area (Å²) in [5.74, 6) is 1.03. The fourth-order valence-electron chi connectivity index (χ4n) is 3.42. The van der Waals surface area contributed by atoms with Crippen LogP contribution in [0.15, 0.2) is 29.3 Å². The third-order valence-corrected chi connectivity index (χ3v) is 5.21. The lowest BCUT2D eigenvalue weighted by Gasteiger charge is -2.12. The normalized spacial score (nSPS) is 15.1. The van der Waals surface area contributed by atoms with Crippen LogP contribution in [0, 0.1) is 0 Å². The highest BCUT2D eigenvalue weighted by atomic mass is 127. The first-order valence-electron chi connectivity index (χ1n) is 9.29. The summed E-state index contributed by atoms with van der Waals surface area (Å²) in [6, 6.07) is 8.44. The van der Waals surface area contributed by atoms with E-state index in [1.165, 1.54) is 35.4 Å². The quantitative estimate of drug-likeness (QED) is 0.390. The highest BCUT2D eigenvalue weighted by Gasteiger charge is 2.18. The molecule has 0 amide bonds. The van der Waals surface area contributed by atoms with Gasteiger partial charge in [0.05, 0.1) is 17.9 Å². The van der Waals surface area contributed by atoms with Gasteiger partial charge in [0.25, 0.3) is 0 Å². The Bertz CT molecular complexity index is 748. The zero-order valence-electron chi connectivity index (χ0n) is 16.0. The van der Waals surface area contributed by atoms with Crippen molar-refractivity contribution in [2.45, 2.75) is 58.4 Å². The van der Waals surface area contributed by atoms with E-state index in [1.54, 1.807) is 0 Å². The van der Waals surface area contributed by atoms with E-state index in [9.17, 15) is 0 Å². The number of hydrogen-bond donors (Lipinski definition) is 2. The highest BCUT2D eigenvalue weighted by Crippen LogP contribution is 2.24. The predicted octanol–water partition coefficient (Wildman–Crippen LogP) is 4.36. The molecule has 6 heteroatoms. The van der Waals surface area contributed by atoms with Crippen LogP contribution in [0.1, 0.15) is 61.5 Å². The lowest BCUT2D eigenvalue weighted by atomic mass is 9.96. The minimum atomic E-state index is 0. The van der Waals surface area contributed by atoms with Gasteiger partial charge in [-0.3, -0.25) is 4.68 Å². The number of hydrogen-bond acceptors (Lipinski definition) is 2. The van der Waals surface area contributed by atoms with E-state index in [0.717, 1.165) is 24.9 Å². The number of guanidine groups is 1. The molecule has 26 heavy (non-hydrogen) atoms. The Labute approximate surface area is 173 Å². The number of benzene rings is 1. The molecule has 1 aliphatic carbocycles. The van der Waals surface area contributed by atoms with Gasteiger partial charge in [0.2, 0.25) is 0 Å². The van der Waals surface area contributed by atoms with E-state index in [1.807, 2.05) is 11.7 Å². The number of nitrogens with zero attached hydrogens (tertiary/aromatic N) is 3. The molecule has 1 aromatic heterocycles. The van der Waals surface area contributed by atoms with Crippen molar-refractivity contribution in [2.75, 3.05) is 5.32 Å². The molecule has 0 radical (unpaired) electrons. The Morgan fingerprint density at radius 1 is 1.27 bits per heavy atom. The summed E-state index contributed by atoms with van der Waals surface area (Å²) in [6.07, 6.45) is 5.82. The van der Waals surface area contributed by atoms with E-state index in [-0.39, 0.29) is 24.0 Å². The molecule has 1 heterocycles. The van der Waals surface area contributed by atoms with Gasteiger partial charge in [-0.1, -0.05) is 26.0 Å². The predicted molar refractivity (Wildman–Crippen MR) is 119 cm³/mol. The number of halogens is 1. The molecule has 3 rings (SSSR count).